The molecule has 0 radical (unpaired) electrons. The number of primary amides is 1. The van der Waals surface area contributed by atoms with Crippen molar-refractivity contribution in [1.82, 2.24) is 5.32 Å². The Morgan fingerprint density at radius 3 is 2.73 bits per heavy atom. The van der Waals surface area contributed by atoms with Crippen molar-refractivity contribution in [2.75, 3.05) is 5.32 Å². The molecule has 1 aromatic carbocycles. The molecule has 5 nitrogen and oxygen atoms in total. The maximum atomic E-state index is 12.2. The Balaban J connectivity index is 2.08. The zero-order valence-electron chi connectivity index (χ0n) is 11.9. The van der Waals surface area contributed by atoms with Crippen LogP contribution in [0.15, 0.2) is 35.7 Å². The fourth-order valence-electron chi connectivity index (χ4n) is 2.01. The van der Waals surface area contributed by atoms with Crippen molar-refractivity contribution in [3.8, 4) is 0 Å². The Kier molecular flexibility index (Phi) is 5.41. The molecule has 3 amide bonds. The number of rotatable bonds is 5. The van der Waals surface area contributed by atoms with E-state index in [9.17, 15) is 9.59 Å². The molecule has 0 saturated carbocycles. The Hall–Kier alpha value is -2.05. The van der Waals surface area contributed by atoms with Crippen LogP contribution < -0.4 is 16.4 Å². The van der Waals surface area contributed by atoms with Gasteiger partial charge in [-0.3, -0.25) is 4.79 Å². The second-order valence-electron chi connectivity index (χ2n) is 4.74. The molecule has 1 atom stereocenters. The van der Waals surface area contributed by atoms with Crippen LogP contribution in [0.2, 0.25) is 5.02 Å². The number of thiophene rings is 1. The van der Waals surface area contributed by atoms with E-state index in [1.165, 1.54) is 11.3 Å². The maximum absolute atomic E-state index is 12.2. The van der Waals surface area contributed by atoms with Crippen LogP contribution >= 0.6 is 22.9 Å². The molecule has 0 aliphatic heterocycles. The lowest BCUT2D eigenvalue weighted by molar-refractivity contribution is -0.116. The SMILES string of the molecule is Cc1c(Cl)cccc1NC(=O)CC(NC(N)=O)c1cccs1. The van der Waals surface area contributed by atoms with Crippen molar-refractivity contribution < 1.29 is 9.59 Å². The normalized spacial score (nSPS) is 11.7. The molecule has 0 aliphatic rings. The number of nitrogens with two attached hydrogens (primary N) is 1. The number of halogens is 1. The molecule has 116 valence electrons. The number of hydrogen-bond donors (Lipinski definition) is 3. The number of carbonyl (C=O) groups excluding carboxylic acids is 2. The molecule has 22 heavy (non-hydrogen) atoms. The van der Waals surface area contributed by atoms with Gasteiger partial charge in [0.15, 0.2) is 0 Å². The fraction of sp³-hybridized carbons (Fsp3) is 0.200. The van der Waals surface area contributed by atoms with Crippen molar-refractivity contribution in [3.63, 3.8) is 0 Å². The lowest BCUT2D eigenvalue weighted by Crippen LogP contribution is -2.34. The van der Waals surface area contributed by atoms with Crippen molar-refractivity contribution in [2.45, 2.75) is 19.4 Å². The Labute approximate surface area is 137 Å². The molecule has 0 spiro atoms. The van der Waals surface area contributed by atoms with Crippen LogP contribution in [0.3, 0.4) is 0 Å². The van der Waals surface area contributed by atoms with Crippen molar-refractivity contribution >= 4 is 40.6 Å². The number of hydrogen-bond acceptors (Lipinski definition) is 3. The topological polar surface area (TPSA) is 84.2 Å². The summed E-state index contributed by atoms with van der Waals surface area (Å²) in [4.78, 5) is 24.2. The molecule has 0 aliphatic carbocycles. The highest BCUT2D eigenvalue weighted by Gasteiger charge is 2.19. The summed E-state index contributed by atoms with van der Waals surface area (Å²) in [6, 6.07) is 7.90. The average Bonchev–Trinajstić information content (AvgIpc) is 2.97. The summed E-state index contributed by atoms with van der Waals surface area (Å²) in [5.74, 6) is -0.225. The zero-order valence-corrected chi connectivity index (χ0v) is 13.5. The van der Waals surface area contributed by atoms with E-state index in [2.05, 4.69) is 10.6 Å². The third-order valence-corrected chi connectivity index (χ3v) is 4.53. The summed E-state index contributed by atoms with van der Waals surface area (Å²) in [5.41, 5.74) is 6.63. The van der Waals surface area contributed by atoms with Gasteiger partial charge in [0, 0.05) is 15.6 Å². The van der Waals surface area contributed by atoms with Crippen LogP contribution in [0.25, 0.3) is 0 Å². The van der Waals surface area contributed by atoms with Crippen molar-refractivity contribution in [1.29, 1.82) is 0 Å². The highest BCUT2D eigenvalue weighted by atomic mass is 35.5. The largest absolute Gasteiger partial charge is 0.352 e. The van der Waals surface area contributed by atoms with E-state index in [0.717, 1.165) is 10.4 Å². The summed E-state index contributed by atoms with van der Waals surface area (Å²) >= 11 is 7.49. The maximum Gasteiger partial charge on any atom is 0.312 e. The van der Waals surface area contributed by atoms with Gasteiger partial charge in [-0.25, -0.2) is 4.79 Å². The zero-order chi connectivity index (χ0) is 16.1. The van der Waals surface area contributed by atoms with Gasteiger partial charge in [-0.05, 0) is 36.1 Å². The molecular weight excluding hydrogens is 322 g/mol. The first-order valence-corrected chi connectivity index (χ1v) is 7.87. The Morgan fingerprint density at radius 1 is 1.32 bits per heavy atom. The second kappa shape index (κ2) is 7.29. The first kappa shape index (κ1) is 16.3. The third-order valence-electron chi connectivity index (χ3n) is 3.13. The molecule has 1 heterocycles. The number of urea groups is 1. The van der Waals surface area contributed by atoms with Crippen molar-refractivity contribution in [3.05, 3.63) is 51.2 Å². The van der Waals surface area contributed by atoms with E-state index in [-0.39, 0.29) is 12.3 Å². The fourth-order valence-corrected chi connectivity index (χ4v) is 2.97. The molecule has 4 N–H and O–H groups in total. The minimum atomic E-state index is -0.662. The van der Waals surface area contributed by atoms with E-state index in [1.54, 1.807) is 18.2 Å². The minimum Gasteiger partial charge on any atom is -0.352 e. The quantitative estimate of drug-likeness (QED) is 0.780. The van der Waals surface area contributed by atoms with Crippen LogP contribution in [0, 0.1) is 6.92 Å². The first-order valence-electron chi connectivity index (χ1n) is 6.61. The van der Waals surface area contributed by atoms with Gasteiger partial charge in [0.1, 0.15) is 0 Å². The van der Waals surface area contributed by atoms with Gasteiger partial charge in [0.25, 0.3) is 0 Å². The van der Waals surface area contributed by atoms with E-state index in [0.29, 0.717) is 10.7 Å². The van der Waals surface area contributed by atoms with Crippen LogP contribution in [-0.2, 0) is 4.79 Å². The standard InChI is InChI=1S/C15H16ClN3O2S/c1-9-10(16)4-2-5-11(9)18-14(20)8-12(19-15(17)21)13-6-3-7-22-13/h2-7,12H,8H2,1H3,(H,18,20)(H3,17,19,21). The number of nitrogens with one attached hydrogen (secondary N) is 2. The Bertz CT molecular complexity index is 673. The molecule has 2 rings (SSSR count). The minimum absolute atomic E-state index is 0.0927. The molecule has 0 fully saturated rings. The molecule has 1 unspecified atom stereocenters. The number of benzene rings is 1. The molecule has 0 bridgehead atoms. The van der Waals surface area contributed by atoms with Gasteiger partial charge in [0.05, 0.1) is 12.5 Å². The van der Waals surface area contributed by atoms with Crippen LogP contribution in [-0.4, -0.2) is 11.9 Å². The molecule has 0 saturated heterocycles. The predicted molar refractivity (Wildman–Crippen MR) is 89.2 cm³/mol. The summed E-state index contributed by atoms with van der Waals surface area (Å²) in [7, 11) is 0. The van der Waals surface area contributed by atoms with E-state index in [1.807, 2.05) is 24.4 Å². The first-order chi connectivity index (χ1) is 10.5. The smallest absolute Gasteiger partial charge is 0.312 e. The lowest BCUT2D eigenvalue weighted by Gasteiger charge is -2.16. The van der Waals surface area contributed by atoms with Crippen LogP contribution in [0.1, 0.15) is 22.9 Å². The summed E-state index contributed by atoms with van der Waals surface area (Å²) in [6.07, 6.45) is 0.0927. The van der Waals surface area contributed by atoms with Gasteiger partial charge in [-0.15, -0.1) is 11.3 Å². The monoisotopic (exact) mass is 337 g/mol. The van der Waals surface area contributed by atoms with Gasteiger partial charge in [-0.1, -0.05) is 23.7 Å². The molecule has 7 heteroatoms. The summed E-state index contributed by atoms with van der Waals surface area (Å²) in [5, 5.41) is 7.86. The highest BCUT2D eigenvalue weighted by Crippen LogP contribution is 2.25. The van der Waals surface area contributed by atoms with Crippen LogP contribution in [0.5, 0.6) is 0 Å². The molecule has 1 aromatic heterocycles. The van der Waals surface area contributed by atoms with E-state index < -0.39 is 12.1 Å². The third kappa shape index (κ3) is 4.22. The van der Waals surface area contributed by atoms with Gasteiger partial charge >= 0.3 is 6.03 Å². The number of anilines is 1. The summed E-state index contributed by atoms with van der Waals surface area (Å²) in [6.45, 7) is 1.83. The van der Waals surface area contributed by atoms with Gasteiger partial charge in [0.2, 0.25) is 5.91 Å². The van der Waals surface area contributed by atoms with Crippen molar-refractivity contribution in [2.24, 2.45) is 5.73 Å². The van der Waals surface area contributed by atoms with E-state index in [4.69, 9.17) is 17.3 Å². The van der Waals surface area contributed by atoms with Crippen LogP contribution in [0.4, 0.5) is 10.5 Å². The predicted octanol–water partition coefficient (Wildman–Crippen LogP) is 3.45. The van der Waals surface area contributed by atoms with Gasteiger partial charge < -0.3 is 16.4 Å². The molecular formula is C15H16ClN3O2S. The second-order valence-corrected chi connectivity index (χ2v) is 6.13. The average molecular weight is 338 g/mol. The van der Waals surface area contributed by atoms with E-state index >= 15 is 0 Å². The number of carbonyl (C=O) groups is 2. The lowest BCUT2D eigenvalue weighted by atomic mass is 10.1. The highest BCUT2D eigenvalue weighted by molar-refractivity contribution is 7.10. The summed E-state index contributed by atoms with van der Waals surface area (Å²) < 4.78 is 0. The van der Waals surface area contributed by atoms with Gasteiger partial charge in [-0.2, -0.15) is 0 Å². The molecule has 2 aromatic rings. The number of amides is 3. The Morgan fingerprint density at radius 2 is 2.09 bits per heavy atom.